The molecule has 1 fully saturated rings. The summed E-state index contributed by atoms with van der Waals surface area (Å²) < 4.78 is 9.18. The van der Waals surface area contributed by atoms with E-state index in [4.69, 9.17) is 4.74 Å². The highest BCUT2D eigenvalue weighted by Gasteiger charge is 2.19. The van der Waals surface area contributed by atoms with Crippen LogP contribution in [0, 0.1) is 0 Å². The molecule has 0 radical (unpaired) electrons. The number of aromatic nitrogens is 2. The highest BCUT2D eigenvalue weighted by atomic mass is 32.1. The van der Waals surface area contributed by atoms with E-state index in [9.17, 15) is 0 Å². The first-order chi connectivity index (χ1) is 7.90. The lowest BCUT2D eigenvalue weighted by Crippen LogP contribution is -2.39. The smallest absolute Gasteiger partial charge is 0.205 e. The molecule has 0 aromatic carbocycles. The van der Waals surface area contributed by atoms with Gasteiger partial charge in [0, 0.05) is 37.8 Å². The standard InChI is InChI=1S/C10H18N4OS/c1-15-6-5-14(10-12-8-13-16-10)7-9-3-2-4-11-9/h8-9,11H,2-7H2,1H3. The fraction of sp³-hybridized carbons (Fsp3) is 0.800. The zero-order valence-electron chi connectivity index (χ0n) is 9.56. The predicted molar refractivity (Wildman–Crippen MR) is 65.0 cm³/mol. The van der Waals surface area contributed by atoms with E-state index < -0.39 is 0 Å². The molecule has 1 aromatic rings. The Kier molecular flexibility index (Phi) is 4.50. The summed E-state index contributed by atoms with van der Waals surface area (Å²) in [5, 5.41) is 4.49. The van der Waals surface area contributed by atoms with Crippen molar-refractivity contribution in [2.24, 2.45) is 0 Å². The van der Waals surface area contributed by atoms with E-state index >= 15 is 0 Å². The van der Waals surface area contributed by atoms with E-state index in [1.54, 1.807) is 13.4 Å². The first-order valence-corrected chi connectivity index (χ1v) is 6.41. The molecule has 5 nitrogen and oxygen atoms in total. The van der Waals surface area contributed by atoms with Gasteiger partial charge in [-0.3, -0.25) is 0 Å². The van der Waals surface area contributed by atoms with Crippen molar-refractivity contribution in [2.45, 2.75) is 18.9 Å². The normalized spacial score (nSPS) is 20.2. The van der Waals surface area contributed by atoms with Crippen LogP contribution >= 0.6 is 11.5 Å². The van der Waals surface area contributed by atoms with Crippen molar-refractivity contribution in [1.29, 1.82) is 0 Å². The van der Waals surface area contributed by atoms with E-state index in [2.05, 4.69) is 19.6 Å². The Bertz CT molecular complexity index is 287. The molecule has 2 heterocycles. The lowest BCUT2D eigenvalue weighted by atomic mass is 10.2. The Morgan fingerprint density at radius 1 is 1.69 bits per heavy atom. The molecule has 1 aliphatic rings. The highest BCUT2D eigenvalue weighted by molar-refractivity contribution is 7.09. The van der Waals surface area contributed by atoms with E-state index in [1.807, 2.05) is 0 Å². The second kappa shape index (κ2) is 6.12. The molecule has 0 bridgehead atoms. The molecular weight excluding hydrogens is 224 g/mol. The number of hydrogen-bond acceptors (Lipinski definition) is 6. The lowest BCUT2D eigenvalue weighted by Gasteiger charge is -2.24. The quantitative estimate of drug-likeness (QED) is 0.797. The van der Waals surface area contributed by atoms with Crippen molar-refractivity contribution in [3.05, 3.63) is 6.33 Å². The number of nitrogens with one attached hydrogen (secondary N) is 1. The van der Waals surface area contributed by atoms with Crippen LogP contribution < -0.4 is 10.2 Å². The van der Waals surface area contributed by atoms with E-state index in [0.29, 0.717) is 6.04 Å². The molecule has 1 aliphatic heterocycles. The third kappa shape index (κ3) is 3.13. The lowest BCUT2D eigenvalue weighted by molar-refractivity contribution is 0.204. The minimum atomic E-state index is 0.584. The molecule has 1 saturated heterocycles. The minimum absolute atomic E-state index is 0.584. The summed E-state index contributed by atoms with van der Waals surface area (Å²) in [6, 6.07) is 0.584. The minimum Gasteiger partial charge on any atom is -0.383 e. The number of methoxy groups -OCH3 is 1. The SMILES string of the molecule is COCCN(CC1CCCN1)c1ncns1. The van der Waals surface area contributed by atoms with Gasteiger partial charge in [-0.05, 0) is 19.4 Å². The monoisotopic (exact) mass is 242 g/mol. The van der Waals surface area contributed by atoms with E-state index in [0.717, 1.165) is 31.4 Å². The summed E-state index contributed by atoms with van der Waals surface area (Å²) in [6.07, 6.45) is 4.14. The molecule has 0 aliphatic carbocycles. The number of anilines is 1. The van der Waals surface area contributed by atoms with Gasteiger partial charge >= 0.3 is 0 Å². The maximum atomic E-state index is 5.13. The van der Waals surface area contributed by atoms with Crippen LogP contribution in [0.1, 0.15) is 12.8 Å². The Morgan fingerprint density at radius 3 is 3.25 bits per heavy atom. The predicted octanol–water partition coefficient (Wildman–Crippen LogP) is 0.743. The van der Waals surface area contributed by atoms with Crippen molar-refractivity contribution >= 4 is 16.7 Å². The van der Waals surface area contributed by atoms with Gasteiger partial charge in [-0.15, -0.1) is 0 Å². The maximum absolute atomic E-state index is 5.13. The van der Waals surface area contributed by atoms with Gasteiger partial charge in [0.05, 0.1) is 6.61 Å². The van der Waals surface area contributed by atoms with Crippen molar-refractivity contribution < 1.29 is 4.74 Å². The van der Waals surface area contributed by atoms with Gasteiger partial charge in [-0.2, -0.15) is 4.37 Å². The zero-order valence-corrected chi connectivity index (χ0v) is 10.4. The van der Waals surface area contributed by atoms with Gasteiger partial charge < -0.3 is 15.0 Å². The first-order valence-electron chi connectivity index (χ1n) is 5.64. The summed E-state index contributed by atoms with van der Waals surface area (Å²) in [6.45, 7) is 3.74. The number of ether oxygens (including phenoxy) is 1. The van der Waals surface area contributed by atoms with Gasteiger partial charge in [0.2, 0.25) is 5.13 Å². The molecular formula is C10H18N4OS. The van der Waals surface area contributed by atoms with E-state index in [1.165, 1.54) is 24.4 Å². The Morgan fingerprint density at radius 2 is 2.62 bits per heavy atom. The van der Waals surface area contributed by atoms with Crippen molar-refractivity contribution in [3.8, 4) is 0 Å². The average Bonchev–Trinajstić information content (AvgIpc) is 2.96. The van der Waals surface area contributed by atoms with Crippen LogP contribution in [-0.2, 0) is 4.74 Å². The largest absolute Gasteiger partial charge is 0.383 e. The van der Waals surface area contributed by atoms with Crippen LogP contribution in [0.15, 0.2) is 6.33 Å². The van der Waals surface area contributed by atoms with Crippen molar-refractivity contribution in [2.75, 3.05) is 38.3 Å². The number of hydrogen-bond donors (Lipinski definition) is 1. The summed E-state index contributed by atoms with van der Waals surface area (Å²) in [4.78, 5) is 6.52. The molecule has 90 valence electrons. The van der Waals surface area contributed by atoms with Crippen LogP contribution in [0.4, 0.5) is 5.13 Å². The zero-order chi connectivity index (χ0) is 11.2. The molecule has 6 heteroatoms. The Labute approximate surface area is 100.0 Å². The maximum Gasteiger partial charge on any atom is 0.205 e. The average molecular weight is 242 g/mol. The Hall–Kier alpha value is -0.720. The summed E-state index contributed by atoms with van der Waals surface area (Å²) in [5.74, 6) is 0. The van der Waals surface area contributed by atoms with Gasteiger partial charge in [0.15, 0.2) is 0 Å². The molecule has 1 aromatic heterocycles. The van der Waals surface area contributed by atoms with Crippen LogP contribution in [0.5, 0.6) is 0 Å². The Balaban J connectivity index is 1.91. The molecule has 1 atom stereocenters. The fourth-order valence-corrected chi connectivity index (χ4v) is 2.52. The molecule has 1 N–H and O–H groups in total. The van der Waals surface area contributed by atoms with E-state index in [-0.39, 0.29) is 0 Å². The third-order valence-corrected chi connectivity index (χ3v) is 3.52. The second-order valence-corrected chi connectivity index (χ2v) is 4.71. The fourth-order valence-electron chi connectivity index (χ4n) is 1.95. The molecule has 0 amide bonds. The van der Waals surface area contributed by atoms with Gasteiger partial charge in [-0.25, -0.2) is 4.98 Å². The van der Waals surface area contributed by atoms with Gasteiger partial charge in [0.1, 0.15) is 6.33 Å². The van der Waals surface area contributed by atoms with Crippen LogP contribution in [-0.4, -0.2) is 48.8 Å². The molecule has 2 rings (SSSR count). The topological polar surface area (TPSA) is 50.3 Å². The molecule has 16 heavy (non-hydrogen) atoms. The first kappa shape index (κ1) is 11.8. The van der Waals surface area contributed by atoms with Gasteiger partial charge in [-0.1, -0.05) is 0 Å². The summed E-state index contributed by atoms with van der Waals surface area (Å²) >= 11 is 1.45. The molecule has 1 unspecified atom stereocenters. The number of nitrogens with zero attached hydrogens (tertiary/aromatic N) is 3. The van der Waals surface area contributed by atoms with Crippen molar-refractivity contribution in [1.82, 2.24) is 14.7 Å². The highest BCUT2D eigenvalue weighted by Crippen LogP contribution is 2.17. The van der Waals surface area contributed by atoms with Crippen LogP contribution in [0.2, 0.25) is 0 Å². The van der Waals surface area contributed by atoms with Crippen LogP contribution in [0.3, 0.4) is 0 Å². The third-order valence-electron chi connectivity index (χ3n) is 2.79. The van der Waals surface area contributed by atoms with Gasteiger partial charge in [0.25, 0.3) is 0 Å². The second-order valence-electron chi connectivity index (χ2n) is 3.96. The summed E-state index contributed by atoms with van der Waals surface area (Å²) in [7, 11) is 1.73. The molecule has 0 spiro atoms. The van der Waals surface area contributed by atoms with Crippen molar-refractivity contribution in [3.63, 3.8) is 0 Å². The molecule has 0 saturated carbocycles. The van der Waals surface area contributed by atoms with Crippen LogP contribution in [0.25, 0.3) is 0 Å². The number of rotatable bonds is 6. The summed E-state index contributed by atoms with van der Waals surface area (Å²) in [5.41, 5.74) is 0.